The Morgan fingerprint density at radius 1 is 0.920 bits per heavy atom. The Hall–Kier alpha value is -3.01. The summed E-state index contributed by atoms with van der Waals surface area (Å²) in [4.78, 5) is 14.5. The van der Waals surface area contributed by atoms with Crippen molar-refractivity contribution in [2.45, 2.75) is 26.4 Å². The summed E-state index contributed by atoms with van der Waals surface area (Å²) < 4.78 is 5.41. The first-order valence-electron chi connectivity index (χ1n) is 8.46. The summed E-state index contributed by atoms with van der Waals surface area (Å²) in [6.45, 7) is 3.04. The Kier molecular flexibility index (Phi) is 5.52. The number of rotatable bonds is 6. The maximum atomic E-state index is 12.8. The lowest BCUT2D eigenvalue weighted by Gasteiger charge is -2.22. The maximum absolute atomic E-state index is 12.8. The van der Waals surface area contributed by atoms with Gasteiger partial charge in [0.2, 0.25) is 0 Å². The summed E-state index contributed by atoms with van der Waals surface area (Å²) in [6.07, 6.45) is 2.60. The Morgan fingerprint density at radius 2 is 1.68 bits per heavy atom. The molecule has 0 aliphatic heterocycles. The zero-order valence-electron chi connectivity index (χ0n) is 14.3. The van der Waals surface area contributed by atoms with Gasteiger partial charge in [-0.15, -0.1) is 0 Å². The van der Waals surface area contributed by atoms with Crippen molar-refractivity contribution in [3.63, 3.8) is 0 Å². The van der Waals surface area contributed by atoms with E-state index in [9.17, 15) is 4.79 Å². The molecule has 0 aliphatic rings. The molecule has 0 spiro atoms. The zero-order chi connectivity index (χ0) is 17.5. The van der Waals surface area contributed by atoms with E-state index >= 15 is 0 Å². The topological polar surface area (TPSA) is 45.5 Å². The van der Waals surface area contributed by atoms with Crippen LogP contribution >= 0.6 is 0 Å². The molecule has 0 unspecified atom stereocenters. The Balaban J connectivity index is 1.73. The van der Waals surface area contributed by atoms with Gasteiger partial charge in [-0.2, -0.15) is 0 Å². The lowest BCUT2D eigenvalue weighted by Crippen LogP contribution is -2.33. The maximum Gasteiger partial charge on any atom is 0.322 e. The van der Waals surface area contributed by atoms with Crippen LogP contribution in [0.25, 0.3) is 0 Å². The van der Waals surface area contributed by atoms with Crippen LogP contribution in [-0.2, 0) is 19.5 Å². The fourth-order valence-electron chi connectivity index (χ4n) is 2.62. The van der Waals surface area contributed by atoms with Crippen LogP contribution in [0.5, 0.6) is 0 Å². The summed E-state index contributed by atoms with van der Waals surface area (Å²) in [6, 6.07) is 21.4. The predicted octanol–water partition coefficient (Wildman–Crippen LogP) is 5.08. The lowest BCUT2D eigenvalue weighted by molar-refractivity contribution is 0.201. The van der Waals surface area contributed by atoms with Crippen molar-refractivity contribution in [3.8, 4) is 0 Å². The van der Waals surface area contributed by atoms with Crippen molar-refractivity contribution in [2.75, 3.05) is 5.32 Å². The number of anilines is 1. The molecule has 0 saturated carbocycles. The van der Waals surface area contributed by atoms with Gasteiger partial charge in [-0.3, -0.25) is 0 Å². The van der Waals surface area contributed by atoms with E-state index in [-0.39, 0.29) is 6.03 Å². The number of urea groups is 1. The molecule has 0 bridgehead atoms. The van der Waals surface area contributed by atoms with Crippen LogP contribution in [0, 0.1) is 0 Å². The van der Waals surface area contributed by atoms with E-state index in [1.54, 1.807) is 11.2 Å². The van der Waals surface area contributed by atoms with Crippen LogP contribution in [0.2, 0.25) is 0 Å². The number of hydrogen-bond donors (Lipinski definition) is 1. The third-order valence-corrected chi connectivity index (χ3v) is 4.04. The normalized spacial score (nSPS) is 10.4. The van der Waals surface area contributed by atoms with E-state index in [0.29, 0.717) is 13.1 Å². The van der Waals surface area contributed by atoms with Crippen molar-refractivity contribution < 1.29 is 9.21 Å². The number of carbonyl (C=O) groups is 1. The minimum absolute atomic E-state index is 0.149. The molecule has 3 rings (SSSR count). The number of carbonyl (C=O) groups excluding carboxylic acids is 1. The SMILES string of the molecule is CCc1ccc(NC(=O)N(Cc2ccccc2)Cc2ccco2)cc1. The molecule has 0 fully saturated rings. The highest BCUT2D eigenvalue weighted by molar-refractivity contribution is 5.89. The minimum atomic E-state index is -0.149. The van der Waals surface area contributed by atoms with Crippen LogP contribution in [0.4, 0.5) is 10.5 Å². The first-order valence-corrected chi connectivity index (χ1v) is 8.46. The fraction of sp³-hybridized carbons (Fsp3) is 0.190. The molecule has 2 amide bonds. The van der Waals surface area contributed by atoms with Gasteiger partial charge in [0.05, 0.1) is 12.8 Å². The number of hydrogen-bond acceptors (Lipinski definition) is 2. The highest BCUT2D eigenvalue weighted by Crippen LogP contribution is 2.15. The summed E-state index contributed by atoms with van der Waals surface area (Å²) in [5.74, 6) is 0.757. The highest BCUT2D eigenvalue weighted by atomic mass is 16.3. The van der Waals surface area contributed by atoms with Gasteiger partial charge in [0.15, 0.2) is 0 Å². The molecule has 0 aliphatic carbocycles. The average Bonchev–Trinajstić information content (AvgIpc) is 3.16. The molecule has 0 atom stereocenters. The number of nitrogens with one attached hydrogen (secondary N) is 1. The Morgan fingerprint density at radius 3 is 2.32 bits per heavy atom. The average molecular weight is 334 g/mol. The van der Waals surface area contributed by atoms with Crippen molar-refractivity contribution >= 4 is 11.7 Å². The lowest BCUT2D eigenvalue weighted by atomic mass is 10.1. The monoisotopic (exact) mass is 334 g/mol. The van der Waals surface area contributed by atoms with Gasteiger partial charge < -0.3 is 14.6 Å². The molecule has 4 nitrogen and oxygen atoms in total. The summed E-state index contributed by atoms with van der Waals surface area (Å²) >= 11 is 0. The second kappa shape index (κ2) is 8.20. The fourth-order valence-corrected chi connectivity index (χ4v) is 2.62. The molecule has 0 saturated heterocycles. The molecule has 2 aromatic carbocycles. The predicted molar refractivity (Wildman–Crippen MR) is 99.2 cm³/mol. The van der Waals surface area contributed by atoms with E-state index in [1.807, 2.05) is 66.7 Å². The smallest absolute Gasteiger partial charge is 0.322 e. The molecular formula is C21H22N2O2. The molecule has 128 valence electrons. The third-order valence-electron chi connectivity index (χ3n) is 4.04. The first kappa shape index (κ1) is 16.8. The second-order valence-electron chi connectivity index (χ2n) is 5.90. The van der Waals surface area contributed by atoms with E-state index in [2.05, 4.69) is 12.2 Å². The third kappa shape index (κ3) is 4.73. The number of benzene rings is 2. The van der Waals surface area contributed by atoms with Gasteiger partial charge in [-0.1, -0.05) is 49.4 Å². The molecule has 25 heavy (non-hydrogen) atoms. The summed E-state index contributed by atoms with van der Waals surface area (Å²) in [7, 11) is 0. The molecular weight excluding hydrogens is 312 g/mol. The number of amides is 2. The van der Waals surface area contributed by atoms with Crippen molar-refractivity contribution in [2.24, 2.45) is 0 Å². The van der Waals surface area contributed by atoms with Crippen LogP contribution < -0.4 is 5.32 Å². The minimum Gasteiger partial charge on any atom is -0.467 e. The van der Waals surface area contributed by atoms with Gasteiger partial charge in [-0.05, 0) is 41.8 Å². The summed E-state index contributed by atoms with van der Waals surface area (Å²) in [5, 5.41) is 2.97. The quantitative estimate of drug-likeness (QED) is 0.683. The van der Waals surface area contributed by atoms with Crippen LogP contribution in [0.3, 0.4) is 0 Å². The van der Waals surface area contributed by atoms with Gasteiger partial charge in [0.25, 0.3) is 0 Å². The molecule has 1 aromatic heterocycles. The second-order valence-corrected chi connectivity index (χ2v) is 5.90. The standard InChI is InChI=1S/C21H22N2O2/c1-2-17-10-12-19(13-11-17)22-21(24)23(16-20-9-6-14-25-20)15-18-7-4-3-5-8-18/h3-14H,2,15-16H2,1H3,(H,22,24). The van der Waals surface area contributed by atoms with E-state index in [4.69, 9.17) is 4.42 Å². The van der Waals surface area contributed by atoms with Crippen molar-refractivity contribution in [1.82, 2.24) is 4.90 Å². The van der Waals surface area contributed by atoms with E-state index in [0.717, 1.165) is 23.4 Å². The molecule has 1 heterocycles. The van der Waals surface area contributed by atoms with Crippen molar-refractivity contribution in [1.29, 1.82) is 0 Å². The molecule has 1 N–H and O–H groups in total. The largest absolute Gasteiger partial charge is 0.467 e. The van der Waals surface area contributed by atoms with Crippen LogP contribution in [0.15, 0.2) is 77.4 Å². The van der Waals surface area contributed by atoms with Crippen molar-refractivity contribution in [3.05, 3.63) is 89.9 Å². The first-order chi connectivity index (χ1) is 12.2. The highest BCUT2D eigenvalue weighted by Gasteiger charge is 2.16. The molecule has 4 heteroatoms. The van der Waals surface area contributed by atoms with Gasteiger partial charge >= 0.3 is 6.03 Å². The van der Waals surface area contributed by atoms with Gasteiger partial charge in [0.1, 0.15) is 5.76 Å². The van der Waals surface area contributed by atoms with Crippen LogP contribution in [0.1, 0.15) is 23.8 Å². The Labute approximate surface area is 148 Å². The summed E-state index contributed by atoms with van der Waals surface area (Å²) in [5.41, 5.74) is 3.11. The van der Waals surface area contributed by atoms with E-state index in [1.165, 1.54) is 5.56 Å². The number of furan rings is 1. The molecule has 3 aromatic rings. The van der Waals surface area contributed by atoms with Gasteiger partial charge in [0, 0.05) is 12.2 Å². The zero-order valence-corrected chi connectivity index (χ0v) is 14.3. The molecule has 0 radical (unpaired) electrons. The van der Waals surface area contributed by atoms with E-state index < -0.39 is 0 Å². The van der Waals surface area contributed by atoms with Gasteiger partial charge in [-0.25, -0.2) is 4.79 Å². The Bertz CT molecular complexity index is 781. The van der Waals surface area contributed by atoms with Crippen LogP contribution in [-0.4, -0.2) is 10.9 Å². The number of nitrogens with zero attached hydrogens (tertiary/aromatic N) is 1. The number of aryl methyl sites for hydroxylation is 1.